The van der Waals surface area contributed by atoms with Crippen molar-refractivity contribution in [1.29, 1.82) is 0 Å². The molecule has 0 aliphatic heterocycles. The van der Waals surface area contributed by atoms with Crippen LogP contribution in [0.15, 0.2) is 57.5 Å². The number of carbonyl (C=O) groups excluding carboxylic acids is 1. The second-order valence-electron chi connectivity index (χ2n) is 3.50. The van der Waals surface area contributed by atoms with Crippen molar-refractivity contribution in [1.82, 2.24) is 0 Å². The van der Waals surface area contributed by atoms with Gasteiger partial charge in [0.15, 0.2) is 0 Å². The van der Waals surface area contributed by atoms with Crippen LogP contribution in [0.1, 0.15) is 15.9 Å². The lowest BCUT2D eigenvalue weighted by Gasteiger charge is -1.93. The molecule has 18 heavy (non-hydrogen) atoms. The molecular formula is C14H13Br2NO. The molecule has 0 bridgehead atoms. The van der Waals surface area contributed by atoms with Crippen LogP contribution in [0.5, 0.6) is 0 Å². The minimum Gasteiger partial charge on any atom is -0.326 e. The van der Waals surface area contributed by atoms with E-state index in [2.05, 4.69) is 31.9 Å². The van der Waals surface area contributed by atoms with E-state index < -0.39 is 0 Å². The molecule has 0 aliphatic rings. The Labute approximate surface area is 123 Å². The zero-order chi connectivity index (χ0) is 13.4. The fourth-order valence-electron chi connectivity index (χ4n) is 1.16. The molecule has 2 aromatic rings. The van der Waals surface area contributed by atoms with Gasteiger partial charge in [-0.3, -0.25) is 4.79 Å². The molecule has 2 aromatic carbocycles. The van der Waals surface area contributed by atoms with E-state index in [9.17, 15) is 4.79 Å². The summed E-state index contributed by atoms with van der Waals surface area (Å²) < 4.78 is 2.09. The highest BCUT2D eigenvalue weighted by atomic mass is 79.9. The van der Waals surface area contributed by atoms with Crippen LogP contribution in [0.4, 0.5) is 0 Å². The summed E-state index contributed by atoms with van der Waals surface area (Å²) in [6, 6.07) is 15.2. The monoisotopic (exact) mass is 369 g/mol. The van der Waals surface area contributed by atoms with E-state index in [1.807, 2.05) is 36.4 Å². The lowest BCUT2D eigenvalue weighted by molar-refractivity contribution is 0.112. The highest BCUT2D eigenvalue weighted by molar-refractivity contribution is 9.10. The molecule has 0 spiro atoms. The number of carbonyl (C=O) groups is 1. The Kier molecular flexibility index (Phi) is 6.86. The number of halogens is 2. The number of hydrogen-bond donors (Lipinski definition) is 1. The lowest BCUT2D eigenvalue weighted by Crippen LogP contribution is -1.94. The summed E-state index contributed by atoms with van der Waals surface area (Å²) in [4.78, 5) is 10.1. The van der Waals surface area contributed by atoms with E-state index >= 15 is 0 Å². The van der Waals surface area contributed by atoms with Gasteiger partial charge in [-0.05, 0) is 29.8 Å². The first-order chi connectivity index (χ1) is 8.65. The minimum atomic E-state index is 0.618. The average molecular weight is 371 g/mol. The van der Waals surface area contributed by atoms with Gasteiger partial charge in [-0.2, -0.15) is 0 Å². The molecule has 0 saturated carbocycles. The van der Waals surface area contributed by atoms with E-state index in [4.69, 9.17) is 5.73 Å². The van der Waals surface area contributed by atoms with Gasteiger partial charge in [0.05, 0.1) is 0 Å². The van der Waals surface area contributed by atoms with Crippen molar-refractivity contribution < 1.29 is 4.79 Å². The topological polar surface area (TPSA) is 43.1 Å². The Balaban J connectivity index is 0.000000180. The van der Waals surface area contributed by atoms with Crippen LogP contribution >= 0.6 is 31.9 Å². The molecule has 0 aliphatic carbocycles. The SMILES string of the molecule is NCc1ccc(Br)cc1.O=Cc1ccc(Br)cc1. The predicted molar refractivity (Wildman–Crippen MR) is 81.6 cm³/mol. The third kappa shape index (κ3) is 5.58. The molecule has 94 valence electrons. The van der Waals surface area contributed by atoms with Crippen molar-refractivity contribution in [3.8, 4) is 0 Å². The third-order valence-electron chi connectivity index (χ3n) is 2.16. The number of hydrogen-bond acceptors (Lipinski definition) is 2. The summed E-state index contributed by atoms with van der Waals surface area (Å²) in [6.07, 6.45) is 0.826. The van der Waals surface area contributed by atoms with Crippen molar-refractivity contribution in [3.05, 3.63) is 68.6 Å². The summed E-state index contributed by atoms with van der Waals surface area (Å²) in [5.74, 6) is 0. The molecule has 0 heterocycles. The first-order valence-electron chi connectivity index (χ1n) is 5.31. The number of aldehydes is 1. The molecule has 0 atom stereocenters. The fourth-order valence-corrected chi connectivity index (χ4v) is 1.69. The zero-order valence-corrected chi connectivity index (χ0v) is 12.8. The maximum absolute atomic E-state index is 10.1. The highest BCUT2D eigenvalue weighted by Crippen LogP contribution is 2.09. The van der Waals surface area contributed by atoms with Crippen LogP contribution < -0.4 is 5.73 Å². The van der Waals surface area contributed by atoms with Crippen LogP contribution in [-0.2, 0) is 6.54 Å². The molecule has 2 N–H and O–H groups in total. The summed E-state index contributed by atoms with van der Waals surface area (Å²) in [7, 11) is 0. The van der Waals surface area contributed by atoms with Crippen LogP contribution in [0.3, 0.4) is 0 Å². The van der Waals surface area contributed by atoms with Crippen molar-refractivity contribution in [2.75, 3.05) is 0 Å². The first kappa shape index (κ1) is 15.1. The van der Waals surface area contributed by atoms with Crippen molar-refractivity contribution in [3.63, 3.8) is 0 Å². The minimum absolute atomic E-state index is 0.618. The smallest absolute Gasteiger partial charge is 0.150 e. The van der Waals surface area contributed by atoms with Crippen LogP contribution in [-0.4, -0.2) is 6.29 Å². The summed E-state index contributed by atoms with van der Waals surface area (Å²) in [5.41, 5.74) is 7.26. The second kappa shape index (κ2) is 8.19. The first-order valence-corrected chi connectivity index (χ1v) is 6.89. The van der Waals surface area contributed by atoms with Gasteiger partial charge >= 0.3 is 0 Å². The maximum Gasteiger partial charge on any atom is 0.150 e. The molecule has 0 saturated heterocycles. The summed E-state index contributed by atoms with van der Waals surface area (Å²) >= 11 is 6.59. The van der Waals surface area contributed by atoms with E-state index in [-0.39, 0.29) is 0 Å². The largest absolute Gasteiger partial charge is 0.326 e. The Hall–Kier alpha value is -0.970. The average Bonchev–Trinajstić information content (AvgIpc) is 2.41. The molecule has 0 aromatic heterocycles. The van der Waals surface area contributed by atoms with Gasteiger partial charge in [-0.15, -0.1) is 0 Å². The lowest BCUT2D eigenvalue weighted by atomic mass is 10.2. The predicted octanol–water partition coefficient (Wildman–Crippen LogP) is 4.17. The normalized spacial score (nSPS) is 9.28. The number of nitrogens with two attached hydrogens (primary N) is 1. The van der Waals surface area contributed by atoms with Crippen molar-refractivity contribution in [2.45, 2.75) is 6.54 Å². The molecule has 0 fully saturated rings. The quantitative estimate of drug-likeness (QED) is 0.806. The maximum atomic E-state index is 10.1. The van der Waals surface area contributed by atoms with Gasteiger partial charge < -0.3 is 5.73 Å². The molecule has 2 rings (SSSR count). The van der Waals surface area contributed by atoms with Gasteiger partial charge in [0.1, 0.15) is 6.29 Å². The Morgan fingerprint density at radius 2 is 1.33 bits per heavy atom. The summed E-state index contributed by atoms with van der Waals surface area (Å²) in [6.45, 7) is 0.618. The highest BCUT2D eigenvalue weighted by Gasteiger charge is 1.87. The van der Waals surface area contributed by atoms with Gasteiger partial charge in [0.2, 0.25) is 0 Å². The van der Waals surface area contributed by atoms with Crippen LogP contribution in [0.25, 0.3) is 0 Å². The zero-order valence-electron chi connectivity index (χ0n) is 9.64. The van der Waals surface area contributed by atoms with E-state index in [0.717, 1.165) is 15.2 Å². The number of benzene rings is 2. The van der Waals surface area contributed by atoms with Crippen LogP contribution in [0, 0.1) is 0 Å². The van der Waals surface area contributed by atoms with Gasteiger partial charge in [-0.25, -0.2) is 0 Å². The Morgan fingerprint density at radius 3 is 1.72 bits per heavy atom. The molecular weight excluding hydrogens is 358 g/mol. The van der Waals surface area contributed by atoms with Gasteiger partial charge in [0.25, 0.3) is 0 Å². The Bertz CT molecular complexity index is 480. The van der Waals surface area contributed by atoms with Gasteiger partial charge in [-0.1, -0.05) is 56.1 Å². The summed E-state index contributed by atoms with van der Waals surface area (Å²) in [5, 5.41) is 0. The molecule has 0 unspecified atom stereocenters. The Morgan fingerprint density at radius 1 is 0.889 bits per heavy atom. The van der Waals surface area contributed by atoms with Crippen molar-refractivity contribution in [2.24, 2.45) is 5.73 Å². The third-order valence-corrected chi connectivity index (χ3v) is 3.21. The number of rotatable bonds is 2. The molecule has 0 radical (unpaired) electrons. The fraction of sp³-hybridized carbons (Fsp3) is 0.0714. The van der Waals surface area contributed by atoms with E-state index in [1.54, 1.807) is 12.1 Å². The van der Waals surface area contributed by atoms with Gasteiger partial charge in [0, 0.05) is 21.1 Å². The molecule has 2 nitrogen and oxygen atoms in total. The van der Waals surface area contributed by atoms with Crippen LogP contribution in [0.2, 0.25) is 0 Å². The molecule has 4 heteroatoms. The standard InChI is InChI=1S/C7H8BrN.C7H5BrO/c2*8-7-3-1-6(5-9)2-4-7/h1-4H,5,9H2;1-5H. The van der Waals surface area contributed by atoms with E-state index in [0.29, 0.717) is 12.1 Å². The van der Waals surface area contributed by atoms with E-state index in [1.165, 1.54) is 5.56 Å². The van der Waals surface area contributed by atoms with Crippen molar-refractivity contribution >= 4 is 38.1 Å². The molecule has 0 amide bonds. The second-order valence-corrected chi connectivity index (χ2v) is 5.33.